The molecule has 1 N–H and O–H groups in total. The Morgan fingerprint density at radius 2 is 1.88 bits per heavy atom. The van der Waals surface area contributed by atoms with Crippen molar-refractivity contribution in [2.75, 3.05) is 5.32 Å². The lowest BCUT2D eigenvalue weighted by Gasteiger charge is -2.10. The zero-order chi connectivity index (χ0) is 18.7. The normalized spacial score (nSPS) is 11.7. The Morgan fingerprint density at radius 1 is 1.19 bits per heavy atom. The van der Waals surface area contributed by atoms with Crippen LogP contribution in [0.3, 0.4) is 0 Å². The van der Waals surface area contributed by atoms with Gasteiger partial charge in [-0.15, -0.1) is 0 Å². The molecule has 3 rings (SSSR count). The van der Waals surface area contributed by atoms with Crippen LogP contribution in [0.15, 0.2) is 54.7 Å². The van der Waals surface area contributed by atoms with E-state index >= 15 is 0 Å². The number of nitrogens with zero attached hydrogens (tertiary/aromatic N) is 2. The topological polar surface area (TPSA) is 74.9 Å². The zero-order valence-corrected chi connectivity index (χ0v) is 14.1. The highest BCUT2D eigenvalue weighted by Crippen LogP contribution is 2.22. The number of carbonyl (C=O) groups excluding carboxylic acids is 2. The molecule has 1 heterocycles. The average molecular weight is 349 g/mol. The molecule has 0 aliphatic carbocycles. The summed E-state index contributed by atoms with van der Waals surface area (Å²) in [4.78, 5) is 24.8. The summed E-state index contributed by atoms with van der Waals surface area (Å²) in [6.45, 7) is 0. The van der Waals surface area contributed by atoms with Crippen molar-refractivity contribution in [1.29, 1.82) is 5.26 Å². The Kier molecular flexibility index (Phi) is 4.81. The fourth-order valence-electron chi connectivity index (χ4n) is 2.90. The van der Waals surface area contributed by atoms with Crippen LogP contribution in [0.4, 0.5) is 10.1 Å². The lowest BCUT2D eigenvalue weighted by Crippen LogP contribution is -2.30. The number of para-hydroxylation sites is 2. The minimum Gasteiger partial charge on any atom is -0.350 e. The number of halogens is 1. The number of fused-ring (bicyclic) bond motifs is 1. The lowest BCUT2D eigenvalue weighted by atomic mass is 9.98. The second-order valence-corrected chi connectivity index (χ2v) is 5.96. The monoisotopic (exact) mass is 349 g/mol. The largest absolute Gasteiger partial charge is 0.350 e. The smallest absolute Gasteiger partial charge is 0.249 e. The van der Waals surface area contributed by atoms with Gasteiger partial charge in [0, 0.05) is 30.6 Å². The maximum absolute atomic E-state index is 13.7. The number of anilines is 1. The molecular weight excluding hydrogens is 333 g/mol. The van der Waals surface area contributed by atoms with Crippen LogP contribution in [-0.4, -0.2) is 16.3 Å². The SMILES string of the molecule is Cn1cc(CC(=O)C(C#N)C(=O)Nc2ccccc2F)c2ccccc21. The number of aromatic nitrogens is 1. The molecule has 0 fully saturated rings. The average Bonchev–Trinajstić information content (AvgIpc) is 2.94. The van der Waals surface area contributed by atoms with Crippen LogP contribution < -0.4 is 5.32 Å². The number of Topliss-reactive ketones (excluding diaryl/α,β-unsaturated/α-hetero) is 1. The molecule has 0 radical (unpaired) electrons. The quantitative estimate of drug-likeness (QED) is 0.719. The predicted molar refractivity (Wildman–Crippen MR) is 95.8 cm³/mol. The minimum atomic E-state index is -1.51. The summed E-state index contributed by atoms with van der Waals surface area (Å²) < 4.78 is 15.5. The Balaban J connectivity index is 1.79. The highest BCUT2D eigenvalue weighted by atomic mass is 19.1. The Labute approximate surface area is 149 Å². The summed E-state index contributed by atoms with van der Waals surface area (Å²) in [7, 11) is 1.86. The third-order valence-electron chi connectivity index (χ3n) is 4.19. The van der Waals surface area contributed by atoms with Crippen molar-refractivity contribution in [1.82, 2.24) is 4.57 Å². The summed E-state index contributed by atoms with van der Waals surface area (Å²) in [6.07, 6.45) is 1.76. The second-order valence-electron chi connectivity index (χ2n) is 5.96. The molecule has 26 heavy (non-hydrogen) atoms. The number of hydrogen-bond donors (Lipinski definition) is 1. The number of hydrogen-bond acceptors (Lipinski definition) is 3. The van der Waals surface area contributed by atoms with Crippen molar-refractivity contribution >= 4 is 28.3 Å². The number of aryl methyl sites for hydroxylation is 1. The minimum absolute atomic E-state index is 0.0513. The summed E-state index contributed by atoms with van der Waals surface area (Å²) in [6, 6.07) is 14.9. The molecule has 0 spiro atoms. The number of rotatable bonds is 5. The van der Waals surface area contributed by atoms with Gasteiger partial charge in [-0.25, -0.2) is 4.39 Å². The summed E-state index contributed by atoms with van der Waals surface area (Å²) >= 11 is 0. The molecule has 3 aromatic rings. The number of nitriles is 1. The van der Waals surface area contributed by atoms with Gasteiger partial charge in [-0.05, 0) is 23.8 Å². The van der Waals surface area contributed by atoms with Crippen molar-refractivity contribution in [3.05, 3.63) is 66.1 Å². The van der Waals surface area contributed by atoms with Gasteiger partial charge in [0.25, 0.3) is 0 Å². The highest BCUT2D eigenvalue weighted by molar-refractivity contribution is 6.10. The van der Waals surface area contributed by atoms with Crippen molar-refractivity contribution in [2.45, 2.75) is 6.42 Å². The molecule has 1 aromatic heterocycles. The number of carbonyl (C=O) groups is 2. The van der Waals surface area contributed by atoms with E-state index in [1.165, 1.54) is 18.2 Å². The number of benzene rings is 2. The molecule has 0 aliphatic heterocycles. The van der Waals surface area contributed by atoms with E-state index < -0.39 is 23.4 Å². The summed E-state index contributed by atoms with van der Waals surface area (Å²) in [5.41, 5.74) is 1.64. The third-order valence-corrected chi connectivity index (χ3v) is 4.19. The molecule has 5 nitrogen and oxygen atoms in total. The van der Waals surface area contributed by atoms with Gasteiger partial charge < -0.3 is 9.88 Å². The van der Waals surface area contributed by atoms with Crippen molar-refractivity contribution in [3.8, 4) is 6.07 Å². The van der Waals surface area contributed by atoms with E-state index in [-0.39, 0.29) is 12.1 Å². The molecule has 1 unspecified atom stereocenters. The fraction of sp³-hybridized carbons (Fsp3) is 0.150. The van der Waals surface area contributed by atoms with Gasteiger partial charge in [-0.3, -0.25) is 9.59 Å². The van der Waals surface area contributed by atoms with E-state index in [0.717, 1.165) is 16.5 Å². The molecule has 0 saturated heterocycles. The molecule has 6 heteroatoms. The first-order valence-electron chi connectivity index (χ1n) is 8.02. The first-order valence-corrected chi connectivity index (χ1v) is 8.02. The van der Waals surface area contributed by atoms with Crippen LogP contribution in [0.1, 0.15) is 5.56 Å². The van der Waals surface area contributed by atoms with E-state index in [0.29, 0.717) is 0 Å². The highest BCUT2D eigenvalue weighted by Gasteiger charge is 2.27. The Bertz CT molecular complexity index is 1030. The molecule has 130 valence electrons. The maximum atomic E-state index is 13.7. The van der Waals surface area contributed by atoms with Crippen LogP contribution in [0.25, 0.3) is 10.9 Å². The zero-order valence-electron chi connectivity index (χ0n) is 14.1. The van der Waals surface area contributed by atoms with Crippen LogP contribution in [0.5, 0.6) is 0 Å². The van der Waals surface area contributed by atoms with Gasteiger partial charge in [-0.1, -0.05) is 30.3 Å². The molecule has 0 aliphatic rings. The van der Waals surface area contributed by atoms with Gasteiger partial charge in [0.15, 0.2) is 11.7 Å². The number of ketones is 1. The second kappa shape index (κ2) is 7.19. The molecule has 1 atom stereocenters. The molecule has 0 saturated carbocycles. The van der Waals surface area contributed by atoms with Crippen molar-refractivity contribution in [3.63, 3.8) is 0 Å². The molecule has 1 amide bonds. The standard InChI is InChI=1S/C20H16FN3O2/c1-24-12-13(14-6-2-5-9-18(14)24)10-19(25)15(11-22)20(26)23-17-8-4-3-7-16(17)21/h2-9,12,15H,10H2,1H3,(H,23,26). The van der Waals surface area contributed by atoms with Crippen molar-refractivity contribution < 1.29 is 14.0 Å². The predicted octanol–water partition coefficient (Wildman–Crippen LogP) is 3.21. The maximum Gasteiger partial charge on any atom is 0.249 e. The van der Waals surface area contributed by atoms with Crippen molar-refractivity contribution in [2.24, 2.45) is 13.0 Å². The van der Waals surface area contributed by atoms with Crippen LogP contribution >= 0.6 is 0 Å². The van der Waals surface area contributed by atoms with E-state index in [2.05, 4.69) is 5.32 Å². The van der Waals surface area contributed by atoms with E-state index in [4.69, 9.17) is 0 Å². The number of nitrogens with one attached hydrogen (secondary N) is 1. The van der Waals surface area contributed by atoms with Gasteiger partial charge in [0.05, 0.1) is 11.8 Å². The molecular formula is C20H16FN3O2. The summed E-state index contributed by atoms with van der Waals surface area (Å²) in [5.74, 6) is -3.49. The fourth-order valence-corrected chi connectivity index (χ4v) is 2.90. The lowest BCUT2D eigenvalue weighted by molar-refractivity contribution is -0.128. The van der Waals surface area contributed by atoms with Gasteiger partial charge in [0.2, 0.25) is 5.91 Å². The Hall–Kier alpha value is -3.46. The first-order chi connectivity index (χ1) is 12.5. The van der Waals surface area contributed by atoms with E-state index in [1.54, 1.807) is 12.1 Å². The van der Waals surface area contributed by atoms with Gasteiger partial charge in [0.1, 0.15) is 5.82 Å². The van der Waals surface area contributed by atoms with Gasteiger partial charge in [-0.2, -0.15) is 5.26 Å². The van der Waals surface area contributed by atoms with Gasteiger partial charge >= 0.3 is 0 Å². The third kappa shape index (κ3) is 3.33. The van der Waals surface area contributed by atoms with Crippen LogP contribution in [0, 0.1) is 23.1 Å². The summed E-state index contributed by atoms with van der Waals surface area (Å²) in [5, 5.41) is 12.5. The van der Waals surface area contributed by atoms with E-state index in [9.17, 15) is 19.2 Å². The molecule has 0 bridgehead atoms. The van der Waals surface area contributed by atoms with Crippen LogP contribution in [0.2, 0.25) is 0 Å². The van der Waals surface area contributed by atoms with E-state index in [1.807, 2.05) is 42.1 Å². The number of amides is 1. The van der Waals surface area contributed by atoms with Crippen LogP contribution in [-0.2, 0) is 23.1 Å². The molecule has 2 aromatic carbocycles. The Morgan fingerprint density at radius 3 is 2.62 bits per heavy atom. The first kappa shape index (κ1) is 17.4.